The first-order chi connectivity index (χ1) is 7.40. The molecule has 2 aliphatic rings. The second kappa shape index (κ2) is 3.52. The van der Waals surface area contributed by atoms with E-state index in [1.54, 1.807) is 7.11 Å². The van der Waals surface area contributed by atoms with Crippen molar-refractivity contribution in [3.8, 4) is 0 Å². The number of fused-ring (bicyclic) bond motifs is 5. The van der Waals surface area contributed by atoms with Crippen LogP contribution in [0.25, 0.3) is 0 Å². The summed E-state index contributed by atoms with van der Waals surface area (Å²) in [5.41, 5.74) is 2.86. The fourth-order valence-corrected chi connectivity index (χ4v) is 3.00. The maximum Gasteiger partial charge on any atom is 0.151 e. The Morgan fingerprint density at radius 2 is 2.33 bits per heavy atom. The lowest BCUT2D eigenvalue weighted by Gasteiger charge is -2.11. The first-order valence-corrected chi connectivity index (χ1v) is 5.71. The van der Waals surface area contributed by atoms with Crippen LogP contribution in [-0.4, -0.2) is 30.5 Å². The van der Waals surface area contributed by atoms with Crippen LogP contribution in [0.5, 0.6) is 0 Å². The van der Waals surface area contributed by atoms with Crippen molar-refractivity contribution in [1.82, 2.24) is 10.2 Å². The zero-order valence-corrected chi connectivity index (χ0v) is 9.05. The number of nitrogens with one attached hydrogen (secondary N) is 2. The lowest BCUT2D eigenvalue weighted by molar-refractivity contribution is 0.210. The third-order valence-corrected chi connectivity index (χ3v) is 3.68. The second-order valence-electron chi connectivity index (χ2n) is 4.53. The summed E-state index contributed by atoms with van der Waals surface area (Å²) in [6.45, 7) is 1.57. The molecule has 2 atom stereocenters. The van der Waals surface area contributed by atoms with E-state index in [1.807, 2.05) is 0 Å². The number of anilines is 1. The van der Waals surface area contributed by atoms with Gasteiger partial charge in [-0.25, -0.2) is 0 Å². The molecule has 0 spiro atoms. The van der Waals surface area contributed by atoms with Gasteiger partial charge in [-0.1, -0.05) is 0 Å². The number of hydrogen-bond acceptors (Lipinski definition) is 3. The molecule has 4 nitrogen and oxygen atoms in total. The molecule has 1 aromatic heterocycles. The molecule has 0 saturated heterocycles. The van der Waals surface area contributed by atoms with Gasteiger partial charge in [0.05, 0.1) is 6.61 Å². The number of rotatable bonds is 4. The Hall–Kier alpha value is -1.03. The van der Waals surface area contributed by atoms with E-state index in [4.69, 9.17) is 4.74 Å². The normalized spacial score (nSPS) is 27.0. The molecule has 3 rings (SSSR count). The molecule has 4 heteroatoms. The third-order valence-electron chi connectivity index (χ3n) is 3.68. The molecule has 1 saturated carbocycles. The summed E-state index contributed by atoms with van der Waals surface area (Å²) in [4.78, 5) is 0. The molecule has 2 N–H and O–H groups in total. The molecule has 0 aliphatic heterocycles. The van der Waals surface area contributed by atoms with Crippen molar-refractivity contribution in [3.05, 3.63) is 11.3 Å². The Kier molecular flexibility index (Phi) is 2.16. The largest absolute Gasteiger partial charge is 0.383 e. The van der Waals surface area contributed by atoms with Crippen molar-refractivity contribution in [3.63, 3.8) is 0 Å². The summed E-state index contributed by atoms with van der Waals surface area (Å²) in [6.07, 6.45) is 4.02. The number of nitrogens with zero attached hydrogens (tertiary/aromatic N) is 1. The fourth-order valence-electron chi connectivity index (χ4n) is 3.00. The molecule has 2 unspecified atom stereocenters. The average Bonchev–Trinajstić information content (AvgIpc) is 2.89. The van der Waals surface area contributed by atoms with Gasteiger partial charge < -0.3 is 10.1 Å². The summed E-state index contributed by atoms with van der Waals surface area (Å²) in [6, 6.07) is 0. The SMILES string of the molecule is COCCNc1n[nH]c2c1C1CCC2C1. The summed E-state index contributed by atoms with van der Waals surface area (Å²) >= 11 is 0. The van der Waals surface area contributed by atoms with Gasteiger partial charge in [-0.05, 0) is 25.2 Å². The Bertz CT molecular complexity index is 361. The van der Waals surface area contributed by atoms with Crippen LogP contribution < -0.4 is 5.32 Å². The van der Waals surface area contributed by atoms with Crippen molar-refractivity contribution in [2.75, 3.05) is 25.6 Å². The quantitative estimate of drug-likeness (QED) is 0.741. The Morgan fingerprint density at radius 3 is 3.20 bits per heavy atom. The van der Waals surface area contributed by atoms with E-state index in [1.165, 1.54) is 30.5 Å². The molecule has 1 fully saturated rings. The molecule has 0 amide bonds. The van der Waals surface area contributed by atoms with Crippen molar-refractivity contribution in [2.24, 2.45) is 0 Å². The van der Waals surface area contributed by atoms with Gasteiger partial charge in [-0.2, -0.15) is 5.10 Å². The zero-order chi connectivity index (χ0) is 10.3. The minimum absolute atomic E-state index is 0.732. The maximum absolute atomic E-state index is 5.02. The van der Waals surface area contributed by atoms with Crippen molar-refractivity contribution in [1.29, 1.82) is 0 Å². The van der Waals surface area contributed by atoms with Crippen LogP contribution in [0.1, 0.15) is 42.4 Å². The Balaban J connectivity index is 1.77. The first-order valence-electron chi connectivity index (χ1n) is 5.71. The van der Waals surface area contributed by atoms with Gasteiger partial charge in [0.1, 0.15) is 0 Å². The molecule has 15 heavy (non-hydrogen) atoms. The van der Waals surface area contributed by atoms with E-state index >= 15 is 0 Å². The van der Waals surface area contributed by atoms with Gasteiger partial charge in [-0.15, -0.1) is 0 Å². The minimum Gasteiger partial charge on any atom is -0.383 e. The van der Waals surface area contributed by atoms with Crippen molar-refractivity contribution >= 4 is 5.82 Å². The monoisotopic (exact) mass is 207 g/mol. The molecule has 2 aliphatic carbocycles. The lowest BCUT2D eigenvalue weighted by Crippen LogP contribution is -2.10. The average molecular weight is 207 g/mol. The molecule has 82 valence electrons. The topological polar surface area (TPSA) is 49.9 Å². The molecule has 1 aromatic rings. The van der Waals surface area contributed by atoms with Crippen molar-refractivity contribution < 1.29 is 4.74 Å². The standard InChI is InChI=1S/C11H17N3O/c1-15-5-4-12-11-9-7-2-3-8(6-7)10(9)13-14-11/h7-8H,2-6H2,1H3,(H2,12,13,14). The number of methoxy groups -OCH3 is 1. The Labute approximate surface area is 89.4 Å². The molecule has 0 aromatic carbocycles. The van der Waals surface area contributed by atoms with Crippen LogP contribution in [0.3, 0.4) is 0 Å². The third kappa shape index (κ3) is 1.35. The zero-order valence-electron chi connectivity index (χ0n) is 9.05. The van der Waals surface area contributed by atoms with Gasteiger partial charge in [0, 0.05) is 30.8 Å². The van der Waals surface area contributed by atoms with Gasteiger partial charge in [0.25, 0.3) is 0 Å². The summed E-state index contributed by atoms with van der Waals surface area (Å²) < 4.78 is 5.02. The lowest BCUT2D eigenvalue weighted by atomic mass is 9.97. The van der Waals surface area contributed by atoms with Crippen LogP contribution in [0.2, 0.25) is 0 Å². The number of ether oxygens (including phenoxy) is 1. The van der Waals surface area contributed by atoms with Crippen LogP contribution in [0.15, 0.2) is 0 Å². The molecule has 2 bridgehead atoms. The second-order valence-corrected chi connectivity index (χ2v) is 4.53. The van der Waals surface area contributed by atoms with Gasteiger partial charge >= 0.3 is 0 Å². The van der Waals surface area contributed by atoms with E-state index < -0.39 is 0 Å². The van der Waals surface area contributed by atoms with Gasteiger partial charge in [-0.3, -0.25) is 5.10 Å². The number of aromatic nitrogens is 2. The minimum atomic E-state index is 0.732. The molecule has 0 radical (unpaired) electrons. The predicted octanol–water partition coefficient (Wildman–Crippen LogP) is 1.83. The molecule has 1 heterocycles. The van der Waals surface area contributed by atoms with E-state index in [0.29, 0.717) is 0 Å². The summed E-state index contributed by atoms with van der Waals surface area (Å²) in [5, 5.41) is 10.9. The van der Waals surface area contributed by atoms with Crippen LogP contribution in [0.4, 0.5) is 5.82 Å². The number of hydrogen-bond donors (Lipinski definition) is 2. The predicted molar refractivity (Wildman–Crippen MR) is 58.3 cm³/mol. The highest BCUT2D eigenvalue weighted by molar-refractivity contribution is 5.54. The van der Waals surface area contributed by atoms with Gasteiger partial charge in [0.15, 0.2) is 5.82 Å². The van der Waals surface area contributed by atoms with E-state index in [0.717, 1.165) is 30.8 Å². The first kappa shape index (κ1) is 9.21. The van der Waals surface area contributed by atoms with Crippen LogP contribution >= 0.6 is 0 Å². The highest BCUT2D eigenvalue weighted by Gasteiger charge is 2.40. The molecular formula is C11H17N3O. The highest BCUT2D eigenvalue weighted by atomic mass is 16.5. The Morgan fingerprint density at radius 1 is 1.47 bits per heavy atom. The van der Waals surface area contributed by atoms with E-state index in [2.05, 4.69) is 15.5 Å². The van der Waals surface area contributed by atoms with Crippen LogP contribution in [-0.2, 0) is 4.74 Å². The smallest absolute Gasteiger partial charge is 0.151 e. The fraction of sp³-hybridized carbons (Fsp3) is 0.727. The number of H-pyrrole nitrogens is 1. The maximum atomic E-state index is 5.02. The number of aromatic amines is 1. The molecular weight excluding hydrogens is 190 g/mol. The van der Waals surface area contributed by atoms with E-state index in [9.17, 15) is 0 Å². The van der Waals surface area contributed by atoms with Crippen LogP contribution in [0, 0.1) is 0 Å². The van der Waals surface area contributed by atoms with Crippen molar-refractivity contribution in [2.45, 2.75) is 31.1 Å². The van der Waals surface area contributed by atoms with E-state index in [-0.39, 0.29) is 0 Å². The summed E-state index contributed by atoms with van der Waals surface area (Å²) in [7, 11) is 1.72. The highest BCUT2D eigenvalue weighted by Crippen LogP contribution is 2.54. The van der Waals surface area contributed by atoms with Gasteiger partial charge in [0.2, 0.25) is 0 Å². The summed E-state index contributed by atoms with van der Waals surface area (Å²) in [5.74, 6) is 2.58.